The molecule has 0 radical (unpaired) electrons. The van der Waals surface area contributed by atoms with E-state index in [9.17, 15) is 0 Å². The van der Waals surface area contributed by atoms with E-state index in [4.69, 9.17) is 0 Å². The molecular formula is C16H17N3S. The van der Waals surface area contributed by atoms with E-state index in [0.717, 1.165) is 17.8 Å². The third-order valence-electron chi connectivity index (χ3n) is 3.40. The van der Waals surface area contributed by atoms with Gasteiger partial charge >= 0.3 is 0 Å². The molecule has 1 unspecified atom stereocenters. The van der Waals surface area contributed by atoms with Gasteiger partial charge in [-0.15, -0.1) is 5.10 Å². The van der Waals surface area contributed by atoms with Gasteiger partial charge in [0.05, 0.1) is 17.1 Å². The van der Waals surface area contributed by atoms with Crippen LogP contribution < -0.4 is 5.32 Å². The topological polar surface area (TPSA) is 37.8 Å². The van der Waals surface area contributed by atoms with Gasteiger partial charge in [-0.2, -0.15) is 0 Å². The van der Waals surface area contributed by atoms with Crippen molar-refractivity contribution in [1.29, 1.82) is 0 Å². The first-order valence-corrected chi connectivity index (χ1v) is 7.66. The molecule has 1 N–H and O–H groups in total. The largest absolute Gasteiger partial charge is 0.305 e. The van der Waals surface area contributed by atoms with Crippen LogP contribution in [0.4, 0.5) is 0 Å². The predicted molar refractivity (Wildman–Crippen MR) is 84.0 cm³/mol. The average molecular weight is 283 g/mol. The van der Waals surface area contributed by atoms with Crippen LogP contribution in [0, 0.1) is 0 Å². The van der Waals surface area contributed by atoms with Gasteiger partial charge in [-0.1, -0.05) is 53.9 Å². The molecular weight excluding hydrogens is 266 g/mol. The molecule has 0 saturated carbocycles. The molecule has 1 heterocycles. The zero-order chi connectivity index (χ0) is 13.8. The number of benzene rings is 2. The zero-order valence-corrected chi connectivity index (χ0v) is 12.2. The highest BCUT2D eigenvalue weighted by molar-refractivity contribution is 7.05. The minimum atomic E-state index is 0.168. The third kappa shape index (κ3) is 2.57. The highest BCUT2D eigenvalue weighted by Gasteiger charge is 2.17. The monoisotopic (exact) mass is 283 g/mol. The summed E-state index contributed by atoms with van der Waals surface area (Å²) in [6.07, 6.45) is 2.97. The Bertz CT molecular complexity index is 674. The van der Waals surface area contributed by atoms with Crippen LogP contribution in [0.25, 0.3) is 10.8 Å². The number of aromatic nitrogens is 2. The highest BCUT2D eigenvalue weighted by atomic mass is 32.1. The Morgan fingerprint density at radius 1 is 1.15 bits per heavy atom. The Balaban J connectivity index is 2.09. The van der Waals surface area contributed by atoms with Crippen LogP contribution in [0.5, 0.6) is 0 Å². The minimum Gasteiger partial charge on any atom is -0.305 e. The zero-order valence-electron chi connectivity index (χ0n) is 11.4. The summed E-state index contributed by atoms with van der Waals surface area (Å²) in [7, 11) is 0. The van der Waals surface area contributed by atoms with E-state index in [-0.39, 0.29) is 6.04 Å². The van der Waals surface area contributed by atoms with Gasteiger partial charge < -0.3 is 5.32 Å². The quantitative estimate of drug-likeness (QED) is 0.774. The van der Waals surface area contributed by atoms with Crippen molar-refractivity contribution in [2.75, 3.05) is 6.54 Å². The maximum absolute atomic E-state index is 4.01. The first kappa shape index (κ1) is 13.2. The molecule has 0 amide bonds. The Kier molecular flexibility index (Phi) is 4.04. The van der Waals surface area contributed by atoms with Crippen molar-refractivity contribution >= 4 is 22.3 Å². The van der Waals surface area contributed by atoms with Gasteiger partial charge in [0.2, 0.25) is 0 Å². The van der Waals surface area contributed by atoms with Crippen LogP contribution >= 0.6 is 11.5 Å². The van der Waals surface area contributed by atoms with Crippen LogP contribution in [0.1, 0.15) is 29.8 Å². The van der Waals surface area contributed by atoms with Gasteiger partial charge in [0.15, 0.2) is 0 Å². The SMILES string of the molecule is CCCNC(c1cnns1)c1cccc2ccccc12. The van der Waals surface area contributed by atoms with Gasteiger partial charge in [0.25, 0.3) is 0 Å². The lowest BCUT2D eigenvalue weighted by atomic mass is 9.98. The maximum atomic E-state index is 4.01. The molecule has 20 heavy (non-hydrogen) atoms. The number of nitrogens with zero attached hydrogens (tertiary/aromatic N) is 2. The summed E-state index contributed by atoms with van der Waals surface area (Å²) in [5, 5.41) is 10.2. The summed E-state index contributed by atoms with van der Waals surface area (Å²) in [6, 6.07) is 15.1. The van der Waals surface area contributed by atoms with E-state index in [1.54, 1.807) is 0 Å². The van der Waals surface area contributed by atoms with Gasteiger partial charge in [0, 0.05) is 0 Å². The predicted octanol–water partition coefficient (Wildman–Crippen LogP) is 3.78. The van der Waals surface area contributed by atoms with E-state index in [2.05, 4.69) is 64.3 Å². The molecule has 1 atom stereocenters. The maximum Gasteiger partial charge on any atom is 0.0709 e. The molecule has 3 rings (SSSR count). The van der Waals surface area contributed by atoms with E-state index in [1.807, 2.05) is 6.20 Å². The number of hydrogen-bond donors (Lipinski definition) is 1. The van der Waals surface area contributed by atoms with Crippen molar-refractivity contribution < 1.29 is 0 Å². The molecule has 102 valence electrons. The van der Waals surface area contributed by atoms with Crippen molar-refractivity contribution in [2.24, 2.45) is 0 Å². The molecule has 4 heteroatoms. The molecule has 2 aromatic carbocycles. The van der Waals surface area contributed by atoms with Crippen LogP contribution in [-0.2, 0) is 0 Å². The van der Waals surface area contributed by atoms with Crippen LogP contribution in [-0.4, -0.2) is 16.1 Å². The Morgan fingerprint density at radius 2 is 2.00 bits per heavy atom. The summed E-state index contributed by atoms with van der Waals surface area (Å²) in [6.45, 7) is 3.16. The lowest BCUT2D eigenvalue weighted by Gasteiger charge is -2.18. The molecule has 0 fully saturated rings. The normalized spacial score (nSPS) is 12.7. The molecule has 3 aromatic rings. The molecule has 0 aliphatic heterocycles. The van der Waals surface area contributed by atoms with Crippen molar-refractivity contribution in [3.05, 3.63) is 59.1 Å². The molecule has 1 aromatic heterocycles. The lowest BCUT2D eigenvalue weighted by Crippen LogP contribution is -2.22. The van der Waals surface area contributed by atoms with Gasteiger partial charge in [0.1, 0.15) is 0 Å². The van der Waals surface area contributed by atoms with Gasteiger partial charge in [-0.3, -0.25) is 0 Å². The summed E-state index contributed by atoms with van der Waals surface area (Å²) < 4.78 is 4.01. The second-order valence-electron chi connectivity index (χ2n) is 4.78. The second kappa shape index (κ2) is 6.11. The van der Waals surface area contributed by atoms with Crippen LogP contribution in [0.15, 0.2) is 48.7 Å². The first-order chi connectivity index (χ1) is 9.90. The van der Waals surface area contributed by atoms with Gasteiger partial charge in [-0.25, -0.2) is 0 Å². The summed E-state index contributed by atoms with van der Waals surface area (Å²) >= 11 is 1.46. The Morgan fingerprint density at radius 3 is 2.80 bits per heavy atom. The minimum absolute atomic E-state index is 0.168. The smallest absolute Gasteiger partial charge is 0.0709 e. The number of nitrogens with one attached hydrogen (secondary N) is 1. The highest BCUT2D eigenvalue weighted by Crippen LogP contribution is 2.30. The number of fused-ring (bicyclic) bond motifs is 1. The molecule has 0 aliphatic rings. The van der Waals surface area contributed by atoms with Crippen molar-refractivity contribution in [3.63, 3.8) is 0 Å². The Labute approximate surface area is 122 Å². The van der Waals surface area contributed by atoms with Crippen molar-refractivity contribution in [1.82, 2.24) is 14.9 Å². The Hall–Kier alpha value is -1.78. The third-order valence-corrected chi connectivity index (χ3v) is 4.12. The van der Waals surface area contributed by atoms with Crippen molar-refractivity contribution in [2.45, 2.75) is 19.4 Å². The van der Waals surface area contributed by atoms with Gasteiger partial charge in [-0.05, 0) is 40.8 Å². The lowest BCUT2D eigenvalue weighted by molar-refractivity contribution is 0.608. The van der Waals surface area contributed by atoms with E-state index >= 15 is 0 Å². The fourth-order valence-corrected chi connectivity index (χ4v) is 3.06. The molecule has 0 bridgehead atoms. The van der Waals surface area contributed by atoms with Crippen LogP contribution in [0.3, 0.4) is 0 Å². The summed E-state index contributed by atoms with van der Waals surface area (Å²) in [5.41, 5.74) is 1.29. The average Bonchev–Trinajstić information content (AvgIpc) is 3.02. The summed E-state index contributed by atoms with van der Waals surface area (Å²) in [4.78, 5) is 1.16. The molecule has 0 saturated heterocycles. The molecule has 3 nitrogen and oxygen atoms in total. The van der Waals surface area contributed by atoms with E-state index < -0.39 is 0 Å². The van der Waals surface area contributed by atoms with E-state index in [0.29, 0.717) is 0 Å². The standard InChI is InChI=1S/C16H17N3S/c1-2-10-17-16(15-11-18-19-20-15)14-9-5-7-12-6-3-4-8-13(12)14/h3-9,11,16-17H,2,10H2,1H3. The fourth-order valence-electron chi connectivity index (χ4n) is 2.46. The number of rotatable bonds is 5. The first-order valence-electron chi connectivity index (χ1n) is 6.88. The van der Waals surface area contributed by atoms with E-state index in [1.165, 1.54) is 27.9 Å². The van der Waals surface area contributed by atoms with Crippen LogP contribution in [0.2, 0.25) is 0 Å². The molecule has 0 aliphatic carbocycles. The fraction of sp³-hybridized carbons (Fsp3) is 0.250. The second-order valence-corrected chi connectivity index (χ2v) is 5.59. The summed E-state index contributed by atoms with van der Waals surface area (Å²) in [5.74, 6) is 0. The van der Waals surface area contributed by atoms with Crippen molar-refractivity contribution in [3.8, 4) is 0 Å². The number of hydrogen-bond acceptors (Lipinski definition) is 4. The molecule has 0 spiro atoms.